The lowest BCUT2D eigenvalue weighted by molar-refractivity contribution is 0.628. The summed E-state index contributed by atoms with van der Waals surface area (Å²) in [5.41, 5.74) is 5.27. The van der Waals surface area contributed by atoms with E-state index in [1.165, 1.54) is 18.5 Å². The molecule has 1 aliphatic rings. The highest BCUT2D eigenvalue weighted by Crippen LogP contribution is 2.32. The van der Waals surface area contributed by atoms with Crippen LogP contribution >= 0.6 is 11.6 Å². The van der Waals surface area contributed by atoms with Crippen LogP contribution in [0.3, 0.4) is 0 Å². The summed E-state index contributed by atoms with van der Waals surface area (Å²) < 4.78 is 13.2. The number of fused-ring (bicyclic) bond motifs is 3. The summed E-state index contributed by atoms with van der Waals surface area (Å²) in [5.74, 6) is -0.275. The highest BCUT2D eigenvalue weighted by atomic mass is 35.5. The van der Waals surface area contributed by atoms with Gasteiger partial charge in [-0.1, -0.05) is 17.7 Å². The third kappa shape index (κ3) is 2.51. The van der Waals surface area contributed by atoms with Gasteiger partial charge >= 0.3 is 0 Å². The number of benzene rings is 2. The Labute approximate surface area is 137 Å². The zero-order valence-electron chi connectivity index (χ0n) is 12.0. The molecule has 0 bridgehead atoms. The van der Waals surface area contributed by atoms with Gasteiger partial charge in [-0.05, 0) is 36.4 Å². The molecule has 0 spiro atoms. The number of halogens is 2. The summed E-state index contributed by atoms with van der Waals surface area (Å²) >= 11 is 6.19. The summed E-state index contributed by atoms with van der Waals surface area (Å²) in [6, 6.07) is 11.9. The van der Waals surface area contributed by atoms with Gasteiger partial charge in [0.2, 0.25) is 0 Å². The fourth-order valence-corrected chi connectivity index (χ4v) is 2.91. The molecule has 0 atom stereocenters. The van der Waals surface area contributed by atoms with E-state index >= 15 is 0 Å². The predicted octanol–water partition coefficient (Wildman–Crippen LogP) is 4.29. The van der Waals surface area contributed by atoms with Crippen LogP contribution in [0.4, 0.5) is 4.39 Å². The summed E-state index contributed by atoms with van der Waals surface area (Å²) in [5, 5.41) is 0.621. The van der Waals surface area contributed by atoms with E-state index in [0.29, 0.717) is 11.6 Å². The maximum atomic E-state index is 13.2. The van der Waals surface area contributed by atoms with Gasteiger partial charge in [0.1, 0.15) is 12.1 Å². The Hall–Kier alpha value is -2.59. The van der Waals surface area contributed by atoms with Crippen LogP contribution in [0.15, 0.2) is 60.0 Å². The van der Waals surface area contributed by atoms with Crippen LogP contribution in [-0.2, 0) is 6.54 Å². The molecule has 0 amide bonds. The number of nitrogens with zero attached hydrogens (tertiary/aromatic N) is 3. The van der Waals surface area contributed by atoms with E-state index in [1.54, 1.807) is 18.3 Å². The Balaban J connectivity index is 1.97. The molecule has 0 fully saturated rings. The van der Waals surface area contributed by atoms with Crippen molar-refractivity contribution in [1.29, 1.82) is 0 Å². The van der Waals surface area contributed by atoms with Crippen molar-refractivity contribution in [3.05, 3.63) is 82.5 Å². The molecule has 4 rings (SSSR count). The van der Waals surface area contributed by atoms with Crippen molar-refractivity contribution in [3.8, 4) is 11.3 Å². The molecule has 0 radical (unpaired) electrons. The Bertz CT molecular complexity index is 920. The van der Waals surface area contributed by atoms with E-state index in [0.717, 1.165) is 33.7 Å². The average Bonchev–Trinajstić information content (AvgIpc) is 2.72. The Kier molecular flexibility index (Phi) is 3.39. The van der Waals surface area contributed by atoms with Crippen molar-refractivity contribution in [2.45, 2.75) is 6.54 Å². The van der Waals surface area contributed by atoms with Crippen LogP contribution in [0, 0.1) is 5.82 Å². The number of aromatic nitrogens is 2. The zero-order chi connectivity index (χ0) is 15.8. The van der Waals surface area contributed by atoms with E-state index in [-0.39, 0.29) is 5.82 Å². The Morgan fingerprint density at radius 2 is 1.83 bits per heavy atom. The second-order valence-electron chi connectivity index (χ2n) is 5.26. The van der Waals surface area contributed by atoms with Gasteiger partial charge in [-0.25, -0.2) is 14.4 Å². The lowest BCUT2D eigenvalue weighted by atomic mass is 9.95. The monoisotopic (exact) mass is 323 g/mol. The predicted molar refractivity (Wildman–Crippen MR) is 88.2 cm³/mol. The van der Waals surface area contributed by atoms with Crippen molar-refractivity contribution in [2.24, 2.45) is 4.99 Å². The molecular weight excluding hydrogens is 313 g/mol. The van der Waals surface area contributed by atoms with Crippen molar-refractivity contribution < 1.29 is 4.39 Å². The van der Waals surface area contributed by atoms with Crippen molar-refractivity contribution in [3.63, 3.8) is 0 Å². The van der Waals surface area contributed by atoms with Crippen molar-refractivity contribution in [1.82, 2.24) is 9.97 Å². The van der Waals surface area contributed by atoms with Gasteiger partial charge in [-0.3, -0.25) is 4.99 Å². The minimum atomic E-state index is -0.275. The maximum Gasteiger partial charge on any atom is 0.123 e. The van der Waals surface area contributed by atoms with Crippen molar-refractivity contribution >= 4 is 17.3 Å². The normalized spacial score (nSPS) is 12.9. The molecular formula is C18H11ClFN3. The molecule has 0 saturated heterocycles. The quantitative estimate of drug-likeness (QED) is 0.670. The molecule has 1 aliphatic heterocycles. The van der Waals surface area contributed by atoms with E-state index < -0.39 is 0 Å². The molecule has 3 nitrogen and oxygen atoms in total. The maximum absolute atomic E-state index is 13.2. The molecule has 0 N–H and O–H groups in total. The first-order valence-electron chi connectivity index (χ1n) is 7.12. The first-order chi connectivity index (χ1) is 11.2. The summed E-state index contributed by atoms with van der Waals surface area (Å²) in [4.78, 5) is 13.2. The van der Waals surface area contributed by atoms with E-state index in [2.05, 4.69) is 9.97 Å². The molecule has 2 aromatic carbocycles. The molecule has 0 aliphatic carbocycles. The second-order valence-corrected chi connectivity index (χ2v) is 5.69. The van der Waals surface area contributed by atoms with Crippen LogP contribution in [-0.4, -0.2) is 15.7 Å². The molecule has 2 heterocycles. The number of rotatable bonds is 1. The molecule has 23 heavy (non-hydrogen) atoms. The van der Waals surface area contributed by atoms with Gasteiger partial charge in [0.25, 0.3) is 0 Å². The summed E-state index contributed by atoms with van der Waals surface area (Å²) in [7, 11) is 0. The van der Waals surface area contributed by atoms with Gasteiger partial charge < -0.3 is 0 Å². The SMILES string of the molecule is Fc1ccc(C2=NCc3cncnc3-c3ccc(Cl)cc32)cc1. The van der Waals surface area contributed by atoms with E-state index in [4.69, 9.17) is 16.6 Å². The molecule has 1 aromatic heterocycles. The fourth-order valence-electron chi connectivity index (χ4n) is 2.74. The van der Waals surface area contributed by atoms with Gasteiger partial charge in [0.05, 0.1) is 18.0 Å². The van der Waals surface area contributed by atoms with Gasteiger partial charge in [0.15, 0.2) is 0 Å². The largest absolute Gasteiger partial charge is 0.279 e. The molecule has 3 aromatic rings. The fraction of sp³-hybridized carbons (Fsp3) is 0.0556. The molecule has 0 saturated carbocycles. The first kappa shape index (κ1) is 14.0. The smallest absolute Gasteiger partial charge is 0.123 e. The van der Waals surface area contributed by atoms with Gasteiger partial charge in [-0.2, -0.15) is 0 Å². The van der Waals surface area contributed by atoms with Crippen LogP contribution in [0.1, 0.15) is 16.7 Å². The number of aliphatic imine (C=N–C) groups is 1. The van der Waals surface area contributed by atoms with Gasteiger partial charge in [0, 0.05) is 33.5 Å². The van der Waals surface area contributed by atoms with E-state index in [1.807, 2.05) is 18.2 Å². The standard InChI is InChI=1S/C18H11ClFN3/c19-13-3-6-15-16(7-13)17(11-1-4-14(20)5-2-11)22-9-12-8-21-10-23-18(12)15/h1-8,10H,9H2. The van der Waals surface area contributed by atoms with Gasteiger partial charge in [-0.15, -0.1) is 0 Å². The van der Waals surface area contributed by atoms with Crippen LogP contribution in [0.2, 0.25) is 5.02 Å². The summed E-state index contributed by atoms with van der Waals surface area (Å²) in [6.07, 6.45) is 3.30. The molecule has 112 valence electrons. The third-order valence-corrected chi connectivity index (χ3v) is 4.04. The molecule has 0 unspecified atom stereocenters. The lowest BCUT2D eigenvalue weighted by Gasteiger charge is -2.11. The third-order valence-electron chi connectivity index (χ3n) is 3.81. The Morgan fingerprint density at radius 3 is 2.65 bits per heavy atom. The van der Waals surface area contributed by atoms with E-state index in [9.17, 15) is 4.39 Å². The Morgan fingerprint density at radius 1 is 1.00 bits per heavy atom. The number of hydrogen-bond donors (Lipinski definition) is 0. The summed E-state index contributed by atoms with van der Waals surface area (Å²) in [6.45, 7) is 0.467. The van der Waals surface area contributed by atoms with Crippen molar-refractivity contribution in [2.75, 3.05) is 0 Å². The van der Waals surface area contributed by atoms with Crippen LogP contribution < -0.4 is 0 Å². The van der Waals surface area contributed by atoms with Crippen LogP contribution in [0.25, 0.3) is 11.3 Å². The highest BCUT2D eigenvalue weighted by molar-refractivity contribution is 6.31. The number of hydrogen-bond acceptors (Lipinski definition) is 3. The highest BCUT2D eigenvalue weighted by Gasteiger charge is 2.20. The zero-order valence-corrected chi connectivity index (χ0v) is 12.8. The topological polar surface area (TPSA) is 38.1 Å². The van der Waals surface area contributed by atoms with Crippen LogP contribution in [0.5, 0.6) is 0 Å². The average molecular weight is 324 g/mol. The lowest BCUT2D eigenvalue weighted by Crippen LogP contribution is -2.05. The minimum absolute atomic E-state index is 0.275. The minimum Gasteiger partial charge on any atom is -0.279 e. The second kappa shape index (κ2) is 5.56. The molecule has 5 heteroatoms. The first-order valence-corrected chi connectivity index (χ1v) is 7.50.